The molecule has 6 nitrogen and oxygen atoms in total. The van der Waals surface area contributed by atoms with Gasteiger partial charge in [0.15, 0.2) is 0 Å². The average molecular weight is 285 g/mol. The van der Waals surface area contributed by atoms with E-state index in [2.05, 4.69) is 22.5 Å². The molecule has 1 aliphatic rings. The van der Waals surface area contributed by atoms with E-state index in [9.17, 15) is 9.59 Å². The first-order valence-corrected chi connectivity index (χ1v) is 7.57. The summed E-state index contributed by atoms with van der Waals surface area (Å²) in [7, 11) is 0. The summed E-state index contributed by atoms with van der Waals surface area (Å²) >= 11 is 0. The molecule has 0 saturated carbocycles. The minimum absolute atomic E-state index is 0.0904. The second-order valence-corrected chi connectivity index (χ2v) is 5.41. The van der Waals surface area contributed by atoms with Crippen LogP contribution >= 0.6 is 0 Å². The van der Waals surface area contributed by atoms with Crippen molar-refractivity contribution in [2.75, 3.05) is 26.2 Å². The number of rotatable bonds is 8. The zero-order chi connectivity index (χ0) is 14.8. The molecule has 0 spiro atoms. The molecule has 1 aliphatic heterocycles. The van der Waals surface area contributed by atoms with Gasteiger partial charge in [0, 0.05) is 32.1 Å². The molecule has 1 saturated heterocycles. The highest BCUT2D eigenvalue weighted by Crippen LogP contribution is 2.15. The van der Waals surface area contributed by atoms with E-state index in [1.807, 2.05) is 0 Å². The van der Waals surface area contributed by atoms with E-state index >= 15 is 0 Å². The second kappa shape index (κ2) is 9.58. The molecule has 0 aromatic heterocycles. The number of hydrogen-bond donors (Lipinski definition) is 3. The Bertz CT molecular complexity index is 310. The molecule has 6 heteroatoms. The van der Waals surface area contributed by atoms with E-state index in [0.29, 0.717) is 25.6 Å². The molecule has 0 aliphatic carbocycles. The van der Waals surface area contributed by atoms with Crippen molar-refractivity contribution in [1.29, 1.82) is 0 Å². The lowest BCUT2D eigenvalue weighted by molar-refractivity contribution is -0.137. The Morgan fingerprint density at radius 1 is 1.20 bits per heavy atom. The number of amides is 2. The van der Waals surface area contributed by atoms with E-state index in [4.69, 9.17) is 5.11 Å². The van der Waals surface area contributed by atoms with Crippen LogP contribution in [0, 0.1) is 0 Å². The lowest BCUT2D eigenvalue weighted by Gasteiger charge is -2.33. The van der Waals surface area contributed by atoms with Gasteiger partial charge in [-0.2, -0.15) is 0 Å². The van der Waals surface area contributed by atoms with E-state index in [1.165, 1.54) is 25.8 Å². The topological polar surface area (TPSA) is 81.7 Å². The molecule has 1 fully saturated rings. The highest BCUT2D eigenvalue weighted by Gasteiger charge is 2.17. The zero-order valence-electron chi connectivity index (χ0n) is 12.4. The number of nitrogens with one attached hydrogen (secondary N) is 2. The molecule has 0 bridgehead atoms. The minimum atomic E-state index is -0.831. The number of carbonyl (C=O) groups is 2. The molecule has 0 aromatic carbocycles. The summed E-state index contributed by atoms with van der Waals surface area (Å²) in [5.41, 5.74) is 0. The van der Waals surface area contributed by atoms with Crippen LogP contribution in [0.3, 0.4) is 0 Å². The van der Waals surface area contributed by atoms with Crippen LogP contribution in [-0.2, 0) is 4.79 Å². The number of piperidine rings is 1. The van der Waals surface area contributed by atoms with Crippen molar-refractivity contribution in [1.82, 2.24) is 15.5 Å². The van der Waals surface area contributed by atoms with Gasteiger partial charge in [-0.25, -0.2) is 4.79 Å². The van der Waals surface area contributed by atoms with Crippen molar-refractivity contribution in [2.45, 2.75) is 51.5 Å². The molecule has 0 aromatic rings. The highest BCUT2D eigenvalue weighted by molar-refractivity contribution is 5.73. The summed E-state index contributed by atoms with van der Waals surface area (Å²) in [6.07, 6.45) is 5.39. The molecule has 1 unspecified atom stereocenters. The van der Waals surface area contributed by atoms with E-state index in [-0.39, 0.29) is 12.5 Å². The quantitative estimate of drug-likeness (QED) is 0.589. The van der Waals surface area contributed by atoms with E-state index in [0.717, 1.165) is 13.0 Å². The van der Waals surface area contributed by atoms with Crippen molar-refractivity contribution in [3.8, 4) is 0 Å². The number of carboxylic acids is 1. The fraction of sp³-hybridized carbons (Fsp3) is 0.857. The number of carboxylic acid groups (broad SMARTS) is 1. The van der Waals surface area contributed by atoms with Gasteiger partial charge in [-0.05, 0) is 39.2 Å². The minimum Gasteiger partial charge on any atom is -0.481 e. The van der Waals surface area contributed by atoms with Crippen molar-refractivity contribution in [2.24, 2.45) is 0 Å². The molecule has 2 amide bonds. The van der Waals surface area contributed by atoms with E-state index in [1.54, 1.807) is 0 Å². The number of carbonyl (C=O) groups excluding carboxylic acids is 1. The summed E-state index contributed by atoms with van der Waals surface area (Å²) in [5.74, 6) is -0.831. The third kappa shape index (κ3) is 7.33. The number of likely N-dealkylation sites (tertiary alicyclic amines) is 1. The third-order valence-corrected chi connectivity index (χ3v) is 3.70. The number of aliphatic carboxylic acids is 1. The van der Waals surface area contributed by atoms with Crippen LogP contribution in [0.25, 0.3) is 0 Å². The van der Waals surface area contributed by atoms with Gasteiger partial charge < -0.3 is 20.6 Å². The summed E-state index contributed by atoms with van der Waals surface area (Å²) in [6.45, 7) is 5.53. The first-order chi connectivity index (χ1) is 9.59. The number of nitrogens with zero attached hydrogens (tertiary/aromatic N) is 1. The van der Waals surface area contributed by atoms with Crippen molar-refractivity contribution in [3.63, 3.8) is 0 Å². The van der Waals surface area contributed by atoms with E-state index < -0.39 is 5.97 Å². The Morgan fingerprint density at radius 2 is 1.90 bits per heavy atom. The molecule has 1 heterocycles. The second-order valence-electron chi connectivity index (χ2n) is 5.41. The van der Waals surface area contributed by atoms with Crippen LogP contribution in [0.1, 0.15) is 45.4 Å². The third-order valence-electron chi connectivity index (χ3n) is 3.70. The molecule has 1 rings (SSSR count). The van der Waals surface area contributed by atoms with Gasteiger partial charge in [0.25, 0.3) is 0 Å². The predicted molar refractivity (Wildman–Crippen MR) is 77.8 cm³/mol. The average Bonchev–Trinajstić information content (AvgIpc) is 2.41. The van der Waals surface area contributed by atoms with Crippen LogP contribution in [0.15, 0.2) is 0 Å². The van der Waals surface area contributed by atoms with Gasteiger partial charge in [0.05, 0.1) is 0 Å². The van der Waals surface area contributed by atoms with Crippen LogP contribution in [-0.4, -0.2) is 54.2 Å². The molecular weight excluding hydrogens is 258 g/mol. The largest absolute Gasteiger partial charge is 0.481 e. The lowest BCUT2D eigenvalue weighted by atomic mass is 10.0. The standard InChI is InChI=1S/C14H27N3O3/c1-12-6-2-3-10-17(12)11-5-9-16-14(20)15-8-4-7-13(18)19/h12H,2-11H2,1H3,(H,18,19)(H2,15,16,20). The van der Waals surface area contributed by atoms with Crippen molar-refractivity contribution >= 4 is 12.0 Å². The van der Waals surface area contributed by atoms with Gasteiger partial charge in [0.1, 0.15) is 0 Å². The smallest absolute Gasteiger partial charge is 0.314 e. The maximum absolute atomic E-state index is 11.4. The predicted octanol–water partition coefficient (Wildman–Crippen LogP) is 1.41. The molecular formula is C14H27N3O3. The summed E-state index contributed by atoms with van der Waals surface area (Å²) in [4.78, 5) is 24.2. The Morgan fingerprint density at radius 3 is 2.55 bits per heavy atom. The van der Waals surface area contributed by atoms with Crippen molar-refractivity contribution in [3.05, 3.63) is 0 Å². The lowest BCUT2D eigenvalue weighted by Crippen LogP contribution is -2.40. The van der Waals surface area contributed by atoms with Crippen molar-refractivity contribution < 1.29 is 14.7 Å². The maximum atomic E-state index is 11.4. The Hall–Kier alpha value is -1.30. The van der Waals surface area contributed by atoms with Crippen LogP contribution in [0.2, 0.25) is 0 Å². The molecule has 20 heavy (non-hydrogen) atoms. The van der Waals surface area contributed by atoms with Gasteiger partial charge in [0.2, 0.25) is 0 Å². The van der Waals surface area contributed by atoms with Gasteiger partial charge in [-0.1, -0.05) is 6.42 Å². The van der Waals surface area contributed by atoms with Crippen LogP contribution in [0.5, 0.6) is 0 Å². The van der Waals surface area contributed by atoms with Crippen LogP contribution < -0.4 is 10.6 Å². The first-order valence-electron chi connectivity index (χ1n) is 7.57. The normalized spacial score (nSPS) is 19.6. The highest BCUT2D eigenvalue weighted by atomic mass is 16.4. The number of urea groups is 1. The Labute approximate surface area is 120 Å². The molecule has 0 radical (unpaired) electrons. The molecule has 1 atom stereocenters. The van der Waals surface area contributed by atoms with Gasteiger partial charge in [-0.3, -0.25) is 4.79 Å². The molecule has 116 valence electrons. The fourth-order valence-corrected chi connectivity index (χ4v) is 2.48. The first kappa shape index (κ1) is 16.8. The SMILES string of the molecule is CC1CCCCN1CCCNC(=O)NCCCC(=O)O. The summed E-state index contributed by atoms with van der Waals surface area (Å²) in [6, 6.07) is 0.454. The Kier molecular flexibility index (Phi) is 8.02. The Balaban J connectivity index is 1.97. The summed E-state index contributed by atoms with van der Waals surface area (Å²) < 4.78 is 0. The number of hydrogen-bond acceptors (Lipinski definition) is 3. The zero-order valence-corrected chi connectivity index (χ0v) is 12.4. The van der Waals surface area contributed by atoms with Crippen LogP contribution in [0.4, 0.5) is 4.79 Å². The molecule has 3 N–H and O–H groups in total. The maximum Gasteiger partial charge on any atom is 0.314 e. The summed E-state index contributed by atoms with van der Waals surface area (Å²) in [5, 5.41) is 13.9. The van der Waals surface area contributed by atoms with Gasteiger partial charge >= 0.3 is 12.0 Å². The fourth-order valence-electron chi connectivity index (χ4n) is 2.48. The van der Waals surface area contributed by atoms with Gasteiger partial charge in [-0.15, -0.1) is 0 Å². The monoisotopic (exact) mass is 285 g/mol.